The summed E-state index contributed by atoms with van der Waals surface area (Å²) in [5.74, 6) is 0.690. The number of rotatable bonds is 4. The van der Waals surface area contributed by atoms with Crippen molar-refractivity contribution in [1.82, 2.24) is 14.7 Å². The molecule has 0 saturated carbocycles. The Bertz CT molecular complexity index is 999. The lowest BCUT2D eigenvalue weighted by Gasteiger charge is -2.39. The number of hydrogen-bond donors (Lipinski definition) is 1. The van der Waals surface area contributed by atoms with Crippen LogP contribution in [0.15, 0.2) is 42.5 Å². The molecule has 1 N–H and O–H groups in total. The Hall–Kier alpha value is -2.88. The molecule has 1 atom stereocenters. The standard InChI is InChI=1S/C26H32N4O2/c1-19(29-14-12-28(2)13-15-29)26(32)30-10-8-20(9-11-30)21-4-3-5-22(16-21)23-6-7-25(31)24(17-23)18-27/h3-7,16-17,19-20,31H,8-15H2,1-2H3/t19-/m0/s1. The molecule has 6 nitrogen and oxygen atoms in total. The molecule has 2 aromatic rings. The zero-order valence-electron chi connectivity index (χ0n) is 19.0. The maximum absolute atomic E-state index is 13.1. The summed E-state index contributed by atoms with van der Waals surface area (Å²) in [5.41, 5.74) is 3.53. The molecule has 0 aromatic heterocycles. The average molecular weight is 433 g/mol. The fourth-order valence-electron chi connectivity index (χ4n) is 4.84. The monoisotopic (exact) mass is 432 g/mol. The van der Waals surface area contributed by atoms with Crippen LogP contribution in [-0.4, -0.2) is 78.1 Å². The first-order valence-electron chi connectivity index (χ1n) is 11.5. The van der Waals surface area contributed by atoms with E-state index >= 15 is 0 Å². The zero-order valence-corrected chi connectivity index (χ0v) is 19.0. The SMILES string of the molecule is C[C@@H](C(=O)N1CCC(c2cccc(-c3ccc(O)c(C#N)c3)c2)CC1)N1CCN(C)CC1. The van der Waals surface area contributed by atoms with Gasteiger partial charge in [0.1, 0.15) is 11.8 Å². The van der Waals surface area contributed by atoms with Crippen LogP contribution >= 0.6 is 0 Å². The molecule has 0 bridgehead atoms. The summed E-state index contributed by atoms with van der Waals surface area (Å²) >= 11 is 0. The number of nitriles is 1. The van der Waals surface area contributed by atoms with Gasteiger partial charge in [0, 0.05) is 39.3 Å². The normalized spacial score (nSPS) is 19.5. The van der Waals surface area contributed by atoms with Gasteiger partial charge in [-0.05, 0) is 61.6 Å². The Morgan fingerprint density at radius 2 is 1.72 bits per heavy atom. The minimum absolute atomic E-state index is 0.00949. The summed E-state index contributed by atoms with van der Waals surface area (Å²) in [5, 5.41) is 19.0. The molecule has 0 spiro atoms. The highest BCUT2D eigenvalue weighted by atomic mass is 16.3. The van der Waals surface area contributed by atoms with Crippen molar-refractivity contribution in [2.75, 3.05) is 46.3 Å². The van der Waals surface area contributed by atoms with E-state index in [2.05, 4.69) is 42.0 Å². The number of aromatic hydroxyl groups is 1. The van der Waals surface area contributed by atoms with Crippen LogP contribution in [0.5, 0.6) is 5.75 Å². The lowest BCUT2D eigenvalue weighted by atomic mass is 9.87. The molecular formula is C26H32N4O2. The summed E-state index contributed by atoms with van der Waals surface area (Å²) in [4.78, 5) is 19.7. The van der Waals surface area contributed by atoms with Gasteiger partial charge in [-0.15, -0.1) is 0 Å². The van der Waals surface area contributed by atoms with Gasteiger partial charge in [-0.1, -0.05) is 30.3 Å². The molecule has 2 saturated heterocycles. The van der Waals surface area contributed by atoms with Gasteiger partial charge in [0.25, 0.3) is 0 Å². The Balaban J connectivity index is 1.39. The van der Waals surface area contributed by atoms with Gasteiger partial charge < -0.3 is 14.9 Å². The van der Waals surface area contributed by atoms with Crippen LogP contribution in [-0.2, 0) is 4.79 Å². The second kappa shape index (κ2) is 9.72. The van der Waals surface area contributed by atoms with E-state index in [1.807, 2.05) is 23.1 Å². The lowest BCUT2D eigenvalue weighted by molar-refractivity contribution is -0.138. The smallest absolute Gasteiger partial charge is 0.239 e. The number of nitrogens with zero attached hydrogens (tertiary/aromatic N) is 4. The summed E-state index contributed by atoms with van der Waals surface area (Å²) in [7, 11) is 2.13. The third-order valence-corrected chi connectivity index (χ3v) is 7.06. The van der Waals surface area contributed by atoms with Crippen molar-refractivity contribution in [3.8, 4) is 22.9 Å². The van der Waals surface area contributed by atoms with E-state index in [1.54, 1.807) is 12.1 Å². The molecule has 0 radical (unpaired) electrons. The fraction of sp³-hybridized carbons (Fsp3) is 0.462. The molecule has 2 heterocycles. The van der Waals surface area contributed by atoms with Crippen molar-refractivity contribution in [1.29, 1.82) is 5.26 Å². The van der Waals surface area contributed by atoms with Crippen LogP contribution in [0.25, 0.3) is 11.1 Å². The number of piperidine rings is 1. The van der Waals surface area contributed by atoms with Gasteiger partial charge in [-0.25, -0.2) is 0 Å². The first-order valence-corrected chi connectivity index (χ1v) is 11.5. The van der Waals surface area contributed by atoms with Crippen molar-refractivity contribution in [3.63, 3.8) is 0 Å². The number of amides is 1. The first-order chi connectivity index (χ1) is 15.5. The van der Waals surface area contributed by atoms with Crippen LogP contribution < -0.4 is 0 Å². The zero-order chi connectivity index (χ0) is 22.7. The molecule has 4 rings (SSSR count). The third kappa shape index (κ3) is 4.79. The van der Waals surface area contributed by atoms with Gasteiger partial charge in [-0.2, -0.15) is 5.26 Å². The Morgan fingerprint density at radius 3 is 2.41 bits per heavy atom. The van der Waals surface area contributed by atoms with Crippen LogP contribution in [0.1, 0.15) is 36.8 Å². The third-order valence-electron chi connectivity index (χ3n) is 7.06. The number of carbonyl (C=O) groups is 1. The molecular weight excluding hydrogens is 400 g/mol. The number of likely N-dealkylation sites (N-methyl/N-ethyl adjacent to an activating group) is 1. The number of phenolic OH excluding ortho intramolecular Hbond substituents is 1. The summed E-state index contributed by atoms with van der Waals surface area (Å²) in [6.45, 7) is 7.60. The topological polar surface area (TPSA) is 70.8 Å². The highest BCUT2D eigenvalue weighted by molar-refractivity contribution is 5.81. The maximum atomic E-state index is 13.1. The second-order valence-electron chi connectivity index (χ2n) is 9.08. The number of carbonyl (C=O) groups excluding carboxylic acids is 1. The number of piperazine rings is 1. The molecule has 2 aromatic carbocycles. The van der Waals surface area contributed by atoms with E-state index in [0.29, 0.717) is 5.92 Å². The molecule has 2 fully saturated rings. The molecule has 1 amide bonds. The molecule has 0 unspecified atom stereocenters. The van der Waals surface area contributed by atoms with E-state index < -0.39 is 0 Å². The molecule has 2 aliphatic heterocycles. The van der Waals surface area contributed by atoms with Gasteiger partial charge in [-0.3, -0.25) is 9.69 Å². The summed E-state index contributed by atoms with van der Waals surface area (Å²) < 4.78 is 0. The highest BCUT2D eigenvalue weighted by Gasteiger charge is 2.30. The van der Waals surface area contributed by atoms with E-state index in [-0.39, 0.29) is 23.3 Å². The average Bonchev–Trinajstić information content (AvgIpc) is 2.84. The number of likely N-dealkylation sites (tertiary alicyclic amines) is 1. The molecule has 168 valence electrons. The van der Waals surface area contributed by atoms with E-state index in [0.717, 1.165) is 63.2 Å². The van der Waals surface area contributed by atoms with Gasteiger partial charge >= 0.3 is 0 Å². The molecule has 0 aliphatic carbocycles. The predicted molar refractivity (Wildman–Crippen MR) is 125 cm³/mol. The van der Waals surface area contributed by atoms with Crippen LogP contribution in [0.3, 0.4) is 0 Å². The quantitative estimate of drug-likeness (QED) is 0.803. The maximum Gasteiger partial charge on any atom is 0.239 e. The summed E-state index contributed by atoms with van der Waals surface area (Å²) in [6, 6.07) is 15.6. The minimum atomic E-state index is -0.0487. The lowest BCUT2D eigenvalue weighted by Crippen LogP contribution is -2.54. The van der Waals surface area contributed by atoms with E-state index in [1.165, 1.54) is 5.56 Å². The van der Waals surface area contributed by atoms with Crippen LogP contribution in [0.4, 0.5) is 0 Å². The number of hydrogen-bond acceptors (Lipinski definition) is 5. The van der Waals surface area contributed by atoms with Crippen molar-refractivity contribution in [2.45, 2.75) is 31.7 Å². The van der Waals surface area contributed by atoms with Crippen LogP contribution in [0.2, 0.25) is 0 Å². The van der Waals surface area contributed by atoms with Crippen LogP contribution in [0, 0.1) is 11.3 Å². The van der Waals surface area contributed by atoms with Gasteiger partial charge in [0.2, 0.25) is 5.91 Å². The van der Waals surface area contributed by atoms with Crippen molar-refractivity contribution < 1.29 is 9.90 Å². The number of phenols is 1. The van der Waals surface area contributed by atoms with E-state index in [4.69, 9.17) is 0 Å². The van der Waals surface area contributed by atoms with Gasteiger partial charge in [0.05, 0.1) is 11.6 Å². The Labute approximate surface area is 190 Å². The minimum Gasteiger partial charge on any atom is -0.507 e. The van der Waals surface area contributed by atoms with Crippen molar-refractivity contribution >= 4 is 5.91 Å². The van der Waals surface area contributed by atoms with Crippen molar-refractivity contribution in [3.05, 3.63) is 53.6 Å². The molecule has 2 aliphatic rings. The summed E-state index contributed by atoms with van der Waals surface area (Å²) in [6.07, 6.45) is 1.92. The fourth-order valence-corrected chi connectivity index (χ4v) is 4.84. The number of benzene rings is 2. The Kier molecular flexibility index (Phi) is 6.78. The van der Waals surface area contributed by atoms with Gasteiger partial charge in [0.15, 0.2) is 0 Å². The van der Waals surface area contributed by atoms with E-state index in [9.17, 15) is 15.2 Å². The predicted octanol–water partition coefficient (Wildman–Crippen LogP) is 3.27. The Morgan fingerprint density at radius 1 is 1.03 bits per heavy atom. The molecule has 6 heteroatoms. The largest absolute Gasteiger partial charge is 0.507 e. The van der Waals surface area contributed by atoms with Crippen molar-refractivity contribution in [2.24, 2.45) is 0 Å². The second-order valence-corrected chi connectivity index (χ2v) is 9.08. The highest BCUT2D eigenvalue weighted by Crippen LogP contribution is 2.32. The molecule has 32 heavy (non-hydrogen) atoms. The first kappa shape index (κ1) is 22.3.